The zero-order valence-corrected chi connectivity index (χ0v) is 14.7. The maximum atomic E-state index is 13.1. The molecule has 1 amide bonds. The normalized spacial score (nSPS) is 12.2. The standard InChI is InChI=1S/C16H14Cl2FN5O/c1-10(24-9-12(17)7-20-24)16(25)21-15-4-5-23(22-15)8-11-2-3-13(19)6-14(11)18/h2-7,9-10H,8H2,1H3,(H,21,22,25). The lowest BCUT2D eigenvalue weighted by Crippen LogP contribution is -2.24. The van der Waals surface area contributed by atoms with Gasteiger partial charge < -0.3 is 5.32 Å². The molecular weight excluding hydrogens is 368 g/mol. The molecule has 0 spiro atoms. The van der Waals surface area contributed by atoms with Crippen LogP contribution in [0.4, 0.5) is 10.2 Å². The monoisotopic (exact) mass is 381 g/mol. The van der Waals surface area contributed by atoms with Crippen LogP contribution in [-0.4, -0.2) is 25.5 Å². The molecule has 0 aliphatic heterocycles. The van der Waals surface area contributed by atoms with E-state index in [9.17, 15) is 9.18 Å². The summed E-state index contributed by atoms with van der Waals surface area (Å²) in [6.07, 6.45) is 4.73. The highest BCUT2D eigenvalue weighted by molar-refractivity contribution is 6.31. The van der Waals surface area contributed by atoms with Gasteiger partial charge in [-0.15, -0.1) is 0 Å². The van der Waals surface area contributed by atoms with Gasteiger partial charge in [0.25, 0.3) is 0 Å². The molecule has 3 aromatic rings. The molecule has 130 valence electrons. The lowest BCUT2D eigenvalue weighted by atomic mass is 10.2. The molecule has 2 aromatic heterocycles. The fourth-order valence-electron chi connectivity index (χ4n) is 2.22. The van der Waals surface area contributed by atoms with Gasteiger partial charge in [0.1, 0.15) is 11.9 Å². The Morgan fingerprint density at radius 1 is 1.36 bits per heavy atom. The van der Waals surface area contributed by atoms with Gasteiger partial charge in [-0.25, -0.2) is 4.39 Å². The summed E-state index contributed by atoms with van der Waals surface area (Å²) < 4.78 is 16.1. The van der Waals surface area contributed by atoms with Gasteiger partial charge in [0.2, 0.25) is 5.91 Å². The third kappa shape index (κ3) is 4.18. The predicted molar refractivity (Wildman–Crippen MR) is 93.3 cm³/mol. The second kappa shape index (κ2) is 7.25. The molecule has 1 atom stereocenters. The number of aromatic nitrogens is 4. The first-order valence-corrected chi connectivity index (χ1v) is 8.16. The van der Waals surface area contributed by atoms with Crippen LogP contribution in [0, 0.1) is 5.82 Å². The molecule has 2 heterocycles. The van der Waals surface area contributed by atoms with Crippen LogP contribution < -0.4 is 5.32 Å². The van der Waals surface area contributed by atoms with Crippen molar-refractivity contribution in [3.8, 4) is 0 Å². The molecule has 6 nitrogen and oxygen atoms in total. The van der Waals surface area contributed by atoms with Crippen molar-refractivity contribution in [2.75, 3.05) is 5.32 Å². The van der Waals surface area contributed by atoms with E-state index < -0.39 is 11.9 Å². The highest BCUT2D eigenvalue weighted by Crippen LogP contribution is 2.19. The highest BCUT2D eigenvalue weighted by atomic mass is 35.5. The summed E-state index contributed by atoms with van der Waals surface area (Å²) >= 11 is 11.8. The molecule has 0 fully saturated rings. The largest absolute Gasteiger partial charge is 0.307 e. The number of nitrogens with one attached hydrogen (secondary N) is 1. The molecule has 9 heteroatoms. The lowest BCUT2D eigenvalue weighted by molar-refractivity contribution is -0.119. The Balaban J connectivity index is 1.66. The number of anilines is 1. The van der Waals surface area contributed by atoms with Crippen LogP contribution in [0.1, 0.15) is 18.5 Å². The van der Waals surface area contributed by atoms with E-state index in [1.165, 1.54) is 23.0 Å². The molecule has 0 saturated carbocycles. The fourth-order valence-corrected chi connectivity index (χ4v) is 2.59. The van der Waals surface area contributed by atoms with Gasteiger partial charge in [0, 0.05) is 23.5 Å². The van der Waals surface area contributed by atoms with Crippen molar-refractivity contribution in [2.45, 2.75) is 19.5 Å². The summed E-state index contributed by atoms with van der Waals surface area (Å²) in [6.45, 7) is 2.06. The van der Waals surface area contributed by atoms with Crippen LogP contribution in [0.15, 0.2) is 42.9 Å². The molecule has 0 bridgehead atoms. The number of rotatable bonds is 5. The van der Waals surface area contributed by atoms with E-state index in [0.29, 0.717) is 22.4 Å². The molecule has 0 saturated heterocycles. The highest BCUT2D eigenvalue weighted by Gasteiger charge is 2.17. The number of amides is 1. The number of hydrogen-bond donors (Lipinski definition) is 1. The molecule has 3 rings (SSSR count). The number of hydrogen-bond acceptors (Lipinski definition) is 3. The number of nitrogens with zero attached hydrogens (tertiary/aromatic N) is 4. The second-order valence-corrected chi connectivity index (χ2v) is 6.28. The van der Waals surface area contributed by atoms with Crippen molar-refractivity contribution >= 4 is 34.9 Å². The average Bonchev–Trinajstić information content (AvgIpc) is 3.18. The molecule has 1 aromatic carbocycles. The van der Waals surface area contributed by atoms with Gasteiger partial charge in [-0.1, -0.05) is 29.3 Å². The first-order chi connectivity index (χ1) is 11.9. The predicted octanol–water partition coefficient (Wildman–Crippen LogP) is 3.77. The first-order valence-electron chi connectivity index (χ1n) is 7.40. The fraction of sp³-hybridized carbons (Fsp3) is 0.188. The Kier molecular flexibility index (Phi) is 5.06. The minimum atomic E-state index is -0.538. The number of carbonyl (C=O) groups is 1. The molecule has 0 radical (unpaired) electrons. The SMILES string of the molecule is CC(C(=O)Nc1ccn(Cc2ccc(F)cc2Cl)n1)n1cc(Cl)cn1. The van der Waals surface area contributed by atoms with Gasteiger partial charge in [-0.2, -0.15) is 10.2 Å². The summed E-state index contributed by atoms with van der Waals surface area (Å²) in [6, 6.07) is 5.31. The molecule has 1 unspecified atom stereocenters. The summed E-state index contributed by atoms with van der Waals surface area (Å²) in [4.78, 5) is 12.3. The Labute approximate surface area is 153 Å². The lowest BCUT2D eigenvalue weighted by Gasteiger charge is -2.11. The van der Waals surface area contributed by atoms with Crippen molar-refractivity contribution in [2.24, 2.45) is 0 Å². The minimum Gasteiger partial charge on any atom is -0.307 e. The maximum Gasteiger partial charge on any atom is 0.250 e. The van der Waals surface area contributed by atoms with E-state index in [2.05, 4.69) is 15.5 Å². The van der Waals surface area contributed by atoms with Gasteiger partial charge in [-0.3, -0.25) is 14.2 Å². The average molecular weight is 382 g/mol. The van der Waals surface area contributed by atoms with Gasteiger partial charge >= 0.3 is 0 Å². The second-order valence-electron chi connectivity index (χ2n) is 5.44. The molecule has 0 aliphatic rings. The van der Waals surface area contributed by atoms with E-state index in [4.69, 9.17) is 23.2 Å². The Bertz CT molecular complexity index is 908. The van der Waals surface area contributed by atoms with Crippen LogP contribution in [0.5, 0.6) is 0 Å². The number of benzene rings is 1. The Hall–Kier alpha value is -2.38. The van der Waals surface area contributed by atoms with Gasteiger partial charge in [0.15, 0.2) is 5.82 Å². The maximum absolute atomic E-state index is 13.1. The summed E-state index contributed by atoms with van der Waals surface area (Å²) in [5.41, 5.74) is 0.726. The van der Waals surface area contributed by atoms with Crippen molar-refractivity contribution in [1.82, 2.24) is 19.6 Å². The van der Waals surface area contributed by atoms with E-state index >= 15 is 0 Å². The van der Waals surface area contributed by atoms with Crippen molar-refractivity contribution in [1.29, 1.82) is 0 Å². The van der Waals surface area contributed by atoms with Gasteiger partial charge in [0.05, 0.1) is 17.8 Å². The van der Waals surface area contributed by atoms with Crippen LogP contribution >= 0.6 is 23.2 Å². The van der Waals surface area contributed by atoms with E-state index in [0.717, 1.165) is 5.56 Å². The smallest absolute Gasteiger partial charge is 0.250 e. The molecule has 1 N–H and O–H groups in total. The van der Waals surface area contributed by atoms with Crippen molar-refractivity contribution < 1.29 is 9.18 Å². The van der Waals surface area contributed by atoms with E-state index in [1.54, 1.807) is 36.1 Å². The summed E-state index contributed by atoms with van der Waals surface area (Å²) in [5, 5.41) is 11.8. The Morgan fingerprint density at radius 2 is 2.16 bits per heavy atom. The first kappa shape index (κ1) is 17.4. The quantitative estimate of drug-likeness (QED) is 0.731. The summed E-state index contributed by atoms with van der Waals surface area (Å²) in [5.74, 6) is -0.270. The topological polar surface area (TPSA) is 64.7 Å². The summed E-state index contributed by atoms with van der Waals surface area (Å²) in [7, 11) is 0. The minimum absolute atomic E-state index is 0.273. The zero-order chi connectivity index (χ0) is 18.0. The van der Waals surface area contributed by atoms with Crippen molar-refractivity contribution in [3.63, 3.8) is 0 Å². The molecular formula is C16H14Cl2FN5O. The zero-order valence-electron chi connectivity index (χ0n) is 13.2. The van der Waals surface area contributed by atoms with Crippen LogP contribution in [0.2, 0.25) is 10.0 Å². The van der Waals surface area contributed by atoms with Crippen LogP contribution in [0.3, 0.4) is 0 Å². The van der Waals surface area contributed by atoms with Crippen LogP contribution in [0.25, 0.3) is 0 Å². The molecule has 0 aliphatic carbocycles. The Morgan fingerprint density at radius 3 is 2.84 bits per heavy atom. The van der Waals surface area contributed by atoms with Gasteiger partial charge in [-0.05, 0) is 24.6 Å². The van der Waals surface area contributed by atoms with Crippen molar-refractivity contribution in [3.05, 3.63) is 64.3 Å². The number of carbonyl (C=O) groups excluding carboxylic acids is 1. The molecule has 25 heavy (non-hydrogen) atoms. The number of halogens is 3. The van der Waals surface area contributed by atoms with E-state index in [-0.39, 0.29) is 5.91 Å². The van der Waals surface area contributed by atoms with Crippen LogP contribution in [-0.2, 0) is 11.3 Å². The third-order valence-electron chi connectivity index (χ3n) is 3.59. The van der Waals surface area contributed by atoms with E-state index in [1.807, 2.05) is 0 Å². The third-order valence-corrected chi connectivity index (χ3v) is 4.13.